The fraction of sp³-hybridized carbons (Fsp3) is 0.440. The van der Waals surface area contributed by atoms with E-state index in [4.69, 9.17) is 15.2 Å². The molecule has 0 bridgehead atoms. The molecule has 0 aliphatic carbocycles. The number of ether oxygens (including phenoxy) is 2. The minimum absolute atomic E-state index is 0.0157. The summed E-state index contributed by atoms with van der Waals surface area (Å²) in [5.41, 5.74) is 9.61. The molecule has 170 valence electrons. The van der Waals surface area contributed by atoms with Gasteiger partial charge in [0.1, 0.15) is 12.4 Å². The Bertz CT molecular complexity index is 952. The lowest BCUT2D eigenvalue weighted by Crippen LogP contribution is -2.38. The molecule has 2 aliphatic rings. The van der Waals surface area contributed by atoms with Gasteiger partial charge in [0.2, 0.25) is 5.91 Å². The van der Waals surface area contributed by atoms with Gasteiger partial charge in [-0.15, -0.1) is 0 Å². The van der Waals surface area contributed by atoms with Gasteiger partial charge in [-0.25, -0.2) is 4.79 Å². The quantitative estimate of drug-likeness (QED) is 0.699. The van der Waals surface area contributed by atoms with Crippen LogP contribution < -0.4 is 10.5 Å². The number of fused-ring (bicyclic) bond motifs is 1. The summed E-state index contributed by atoms with van der Waals surface area (Å²) in [6.45, 7) is 5.74. The second kappa shape index (κ2) is 10.1. The number of amides is 1. The molecular weight excluding hydrogens is 406 g/mol. The predicted molar refractivity (Wildman–Crippen MR) is 121 cm³/mol. The van der Waals surface area contributed by atoms with Crippen molar-refractivity contribution in [3.05, 3.63) is 64.7 Å². The zero-order valence-corrected chi connectivity index (χ0v) is 18.6. The van der Waals surface area contributed by atoms with E-state index >= 15 is 0 Å². The molecule has 4 rings (SSSR count). The third-order valence-corrected chi connectivity index (χ3v) is 6.36. The highest BCUT2D eigenvalue weighted by Gasteiger charge is 2.23. The van der Waals surface area contributed by atoms with Crippen LogP contribution in [0.5, 0.6) is 5.75 Å². The molecule has 1 amide bonds. The first-order valence-electron chi connectivity index (χ1n) is 11.2. The van der Waals surface area contributed by atoms with E-state index in [1.807, 2.05) is 24.3 Å². The predicted octanol–water partition coefficient (Wildman–Crippen LogP) is 2.57. The fourth-order valence-electron chi connectivity index (χ4n) is 4.49. The molecule has 0 saturated carbocycles. The van der Waals surface area contributed by atoms with Gasteiger partial charge in [-0.3, -0.25) is 14.6 Å². The summed E-state index contributed by atoms with van der Waals surface area (Å²) in [4.78, 5) is 27.8. The standard InChI is InChI=1S/C25H31N3O4/c1-31-25(30)21-5-2-18(3-6-21)15-28-12-13-32-23-7-4-19(14-22(23)17-28)16-27-10-8-20(9-11-27)24(26)29/h2-7,14,20H,8-13,15-17H2,1H3,(H2,26,29). The Morgan fingerprint density at radius 2 is 1.69 bits per heavy atom. The van der Waals surface area contributed by atoms with Crippen molar-refractivity contribution in [2.45, 2.75) is 32.5 Å². The van der Waals surface area contributed by atoms with Crippen molar-refractivity contribution in [3.63, 3.8) is 0 Å². The Hall–Kier alpha value is -2.90. The topological polar surface area (TPSA) is 85.1 Å². The van der Waals surface area contributed by atoms with E-state index in [-0.39, 0.29) is 17.8 Å². The largest absolute Gasteiger partial charge is 0.492 e. The van der Waals surface area contributed by atoms with Gasteiger partial charge in [0, 0.05) is 37.7 Å². The van der Waals surface area contributed by atoms with Gasteiger partial charge in [-0.05, 0) is 61.3 Å². The first-order valence-corrected chi connectivity index (χ1v) is 11.2. The molecule has 1 saturated heterocycles. The zero-order chi connectivity index (χ0) is 22.5. The minimum atomic E-state index is -0.319. The van der Waals surface area contributed by atoms with E-state index in [9.17, 15) is 9.59 Å². The Morgan fingerprint density at radius 3 is 2.38 bits per heavy atom. The van der Waals surface area contributed by atoms with Crippen molar-refractivity contribution in [2.75, 3.05) is 33.4 Å². The number of carbonyl (C=O) groups excluding carboxylic acids is 2. The smallest absolute Gasteiger partial charge is 0.337 e. The molecule has 2 N–H and O–H groups in total. The average Bonchev–Trinajstić information content (AvgIpc) is 3.00. The normalized spacial score (nSPS) is 17.8. The van der Waals surface area contributed by atoms with Crippen molar-refractivity contribution in [3.8, 4) is 5.75 Å². The molecule has 7 heteroatoms. The van der Waals surface area contributed by atoms with Crippen LogP contribution in [0.25, 0.3) is 0 Å². The highest BCUT2D eigenvalue weighted by atomic mass is 16.5. The molecule has 7 nitrogen and oxygen atoms in total. The summed E-state index contributed by atoms with van der Waals surface area (Å²) in [6.07, 6.45) is 1.68. The molecule has 0 unspecified atom stereocenters. The van der Waals surface area contributed by atoms with Crippen molar-refractivity contribution >= 4 is 11.9 Å². The third kappa shape index (κ3) is 5.47. The van der Waals surface area contributed by atoms with Crippen molar-refractivity contribution in [1.29, 1.82) is 0 Å². The number of hydrogen-bond acceptors (Lipinski definition) is 6. The fourth-order valence-corrected chi connectivity index (χ4v) is 4.49. The Kier molecular flexibility index (Phi) is 7.07. The van der Waals surface area contributed by atoms with Crippen LogP contribution >= 0.6 is 0 Å². The number of nitrogens with two attached hydrogens (primary N) is 1. The summed E-state index contributed by atoms with van der Waals surface area (Å²) in [7, 11) is 1.39. The van der Waals surface area contributed by atoms with Gasteiger partial charge < -0.3 is 15.2 Å². The number of nitrogens with zero attached hydrogens (tertiary/aromatic N) is 2. The maximum absolute atomic E-state index is 11.6. The second-order valence-corrected chi connectivity index (χ2v) is 8.64. The molecule has 0 aromatic heterocycles. The van der Waals surface area contributed by atoms with E-state index in [0.717, 1.165) is 63.4 Å². The van der Waals surface area contributed by atoms with Crippen LogP contribution in [0, 0.1) is 5.92 Å². The van der Waals surface area contributed by atoms with Gasteiger partial charge in [0.25, 0.3) is 0 Å². The number of primary amides is 1. The van der Waals surface area contributed by atoms with E-state index in [1.165, 1.54) is 18.2 Å². The number of esters is 1. The lowest BCUT2D eigenvalue weighted by molar-refractivity contribution is -0.123. The van der Waals surface area contributed by atoms with Gasteiger partial charge in [-0.1, -0.05) is 18.2 Å². The number of likely N-dealkylation sites (tertiary alicyclic amines) is 1. The van der Waals surface area contributed by atoms with Crippen LogP contribution in [0.1, 0.15) is 39.9 Å². The van der Waals surface area contributed by atoms with Crippen molar-refractivity contribution in [2.24, 2.45) is 11.7 Å². The first-order chi connectivity index (χ1) is 15.5. The zero-order valence-electron chi connectivity index (χ0n) is 18.6. The Labute approximate surface area is 189 Å². The number of hydrogen-bond donors (Lipinski definition) is 1. The Balaban J connectivity index is 1.39. The molecule has 32 heavy (non-hydrogen) atoms. The molecule has 0 radical (unpaired) electrons. The van der Waals surface area contributed by atoms with E-state index in [2.05, 4.69) is 28.0 Å². The van der Waals surface area contributed by atoms with Gasteiger partial charge in [0.05, 0.1) is 12.7 Å². The monoisotopic (exact) mass is 437 g/mol. The lowest BCUT2D eigenvalue weighted by atomic mass is 9.96. The third-order valence-electron chi connectivity index (χ3n) is 6.36. The average molecular weight is 438 g/mol. The van der Waals surface area contributed by atoms with Crippen LogP contribution in [-0.4, -0.2) is 55.0 Å². The first kappa shape index (κ1) is 22.3. The molecule has 0 spiro atoms. The summed E-state index contributed by atoms with van der Waals surface area (Å²) >= 11 is 0. The minimum Gasteiger partial charge on any atom is -0.492 e. The number of benzene rings is 2. The molecule has 1 fully saturated rings. The van der Waals surface area contributed by atoms with Crippen LogP contribution in [0.2, 0.25) is 0 Å². The van der Waals surface area contributed by atoms with Crippen molar-refractivity contribution < 1.29 is 19.1 Å². The molecule has 2 aromatic carbocycles. The van der Waals surface area contributed by atoms with Crippen LogP contribution in [0.3, 0.4) is 0 Å². The summed E-state index contributed by atoms with van der Waals surface area (Å²) in [6, 6.07) is 14.0. The maximum Gasteiger partial charge on any atom is 0.337 e. The molecule has 2 heterocycles. The SMILES string of the molecule is COC(=O)c1ccc(CN2CCOc3ccc(CN4CCC(C(N)=O)CC4)cc3C2)cc1. The molecular formula is C25H31N3O4. The van der Waals surface area contributed by atoms with E-state index in [1.54, 1.807) is 0 Å². The van der Waals surface area contributed by atoms with E-state index < -0.39 is 0 Å². The number of piperidine rings is 1. The molecule has 0 atom stereocenters. The van der Waals surface area contributed by atoms with Gasteiger partial charge in [0.15, 0.2) is 0 Å². The maximum atomic E-state index is 11.6. The lowest BCUT2D eigenvalue weighted by Gasteiger charge is -2.30. The van der Waals surface area contributed by atoms with Gasteiger partial charge >= 0.3 is 5.97 Å². The van der Waals surface area contributed by atoms with Crippen LogP contribution in [-0.2, 0) is 29.2 Å². The summed E-state index contributed by atoms with van der Waals surface area (Å²) in [5, 5.41) is 0. The van der Waals surface area contributed by atoms with Crippen LogP contribution in [0.15, 0.2) is 42.5 Å². The molecule has 2 aliphatic heterocycles. The summed E-state index contributed by atoms with van der Waals surface area (Å²) < 4.78 is 10.8. The number of carbonyl (C=O) groups is 2. The van der Waals surface area contributed by atoms with Crippen LogP contribution in [0.4, 0.5) is 0 Å². The van der Waals surface area contributed by atoms with Crippen molar-refractivity contribution in [1.82, 2.24) is 9.80 Å². The molecule has 2 aromatic rings. The highest BCUT2D eigenvalue weighted by Crippen LogP contribution is 2.27. The number of rotatable bonds is 6. The van der Waals surface area contributed by atoms with E-state index in [0.29, 0.717) is 12.2 Å². The van der Waals surface area contributed by atoms with Gasteiger partial charge in [-0.2, -0.15) is 0 Å². The number of methoxy groups -OCH3 is 1. The summed E-state index contributed by atoms with van der Waals surface area (Å²) in [5.74, 6) is 0.471. The highest BCUT2D eigenvalue weighted by molar-refractivity contribution is 5.89. The Morgan fingerprint density at radius 1 is 1.00 bits per heavy atom. The second-order valence-electron chi connectivity index (χ2n) is 8.64.